The maximum absolute atomic E-state index is 4.63. The van der Waals surface area contributed by atoms with Gasteiger partial charge in [-0.2, -0.15) is 5.10 Å². The fourth-order valence-electron chi connectivity index (χ4n) is 4.76. The molecule has 4 aromatic rings. The van der Waals surface area contributed by atoms with E-state index in [4.69, 9.17) is 0 Å². The molecule has 0 amide bonds. The van der Waals surface area contributed by atoms with Gasteiger partial charge in [0, 0.05) is 42.3 Å². The second-order valence-corrected chi connectivity index (χ2v) is 8.84. The average Bonchev–Trinajstić information content (AvgIpc) is 3.44. The molecule has 1 aliphatic rings. The van der Waals surface area contributed by atoms with Gasteiger partial charge in [0.05, 0.1) is 34.1 Å². The molecule has 5 rings (SSSR count). The van der Waals surface area contributed by atoms with Gasteiger partial charge in [-0.1, -0.05) is 24.8 Å². The Bertz CT molecular complexity index is 1520. The number of aliphatic imine (C=N–C) groups is 1. The predicted molar refractivity (Wildman–Crippen MR) is 148 cm³/mol. The Labute approximate surface area is 211 Å². The van der Waals surface area contributed by atoms with Gasteiger partial charge in [0.15, 0.2) is 0 Å². The second kappa shape index (κ2) is 10.6. The second-order valence-electron chi connectivity index (χ2n) is 8.84. The monoisotopic (exact) mass is 477 g/mol. The first kappa shape index (κ1) is 23.5. The van der Waals surface area contributed by atoms with Crippen LogP contribution in [0.1, 0.15) is 50.8 Å². The van der Waals surface area contributed by atoms with Crippen molar-refractivity contribution in [2.75, 3.05) is 6.54 Å². The van der Waals surface area contributed by atoms with Gasteiger partial charge in [-0.15, -0.1) is 5.73 Å². The van der Waals surface area contributed by atoms with E-state index in [9.17, 15) is 0 Å². The number of nitrogens with zero attached hydrogens (tertiary/aromatic N) is 5. The minimum Gasteiger partial charge on any atom is -0.375 e. The molecule has 7 heteroatoms. The normalized spacial score (nSPS) is 15.0. The number of fused-ring (bicyclic) bond motifs is 2. The summed E-state index contributed by atoms with van der Waals surface area (Å²) < 4.78 is 1.89. The molecular weight excluding hydrogens is 446 g/mol. The highest BCUT2D eigenvalue weighted by atomic mass is 15.2. The molecule has 0 unspecified atom stereocenters. The summed E-state index contributed by atoms with van der Waals surface area (Å²) in [6.45, 7) is 8.72. The summed E-state index contributed by atoms with van der Waals surface area (Å²) in [6, 6.07) is 4.62. The zero-order chi connectivity index (χ0) is 24.9. The number of allylic oxidation sites excluding steroid dienone is 4. The first-order valence-electron chi connectivity index (χ1n) is 12.5. The van der Waals surface area contributed by atoms with Gasteiger partial charge in [-0.25, -0.2) is 14.5 Å². The first-order chi connectivity index (χ1) is 17.7. The van der Waals surface area contributed by atoms with E-state index in [0.29, 0.717) is 6.04 Å². The summed E-state index contributed by atoms with van der Waals surface area (Å²) in [7, 11) is 0. The molecule has 0 saturated carbocycles. The third-order valence-corrected chi connectivity index (χ3v) is 6.62. The van der Waals surface area contributed by atoms with E-state index in [2.05, 4.69) is 67.0 Å². The fraction of sp³-hybridized carbons (Fsp3) is 0.276. The van der Waals surface area contributed by atoms with E-state index in [1.54, 1.807) is 6.33 Å². The molecule has 0 fully saturated rings. The van der Waals surface area contributed by atoms with Crippen LogP contribution in [-0.2, 0) is 0 Å². The molecule has 36 heavy (non-hydrogen) atoms. The molecule has 0 radical (unpaired) electrons. The van der Waals surface area contributed by atoms with E-state index in [0.717, 1.165) is 82.4 Å². The molecule has 0 aromatic carbocycles. The van der Waals surface area contributed by atoms with Crippen LogP contribution >= 0.6 is 0 Å². The molecule has 7 nitrogen and oxygen atoms in total. The van der Waals surface area contributed by atoms with Crippen molar-refractivity contribution in [3.05, 3.63) is 78.8 Å². The van der Waals surface area contributed by atoms with Gasteiger partial charge < -0.3 is 10.3 Å². The Hall–Kier alpha value is -4.22. The number of hydrogen-bond acceptors (Lipinski definition) is 5. The van der Waals surface area contributed by atoms with Crippen LogP contribution in [0.5, 0.6) is 0 Å². The van der Waals surface area contributed by atoms with Gasteiger partial charge in [0.2, 0.25) is 0 Å². The Balaban J connectivity index is 1.57. The van der Waals surface area contributed by atoms with E-state index < -0.39 is 0 Å². The number of hydrogen-bond donors (Lipinski definition) is 2. The maximum Gasteiger partial charge on any atom is 0.141 e. The number of aromatic amines is 1. The van der Waals surface area contributed by atoms with Crippen LogP contribution in [0, 0.1) is 0 Å². The van der Waals surface area contributed by atoms with Crippen molar-refractivity contribution < 1.29 is 0 Å². The fourth-order valence-corrected chi connectivity index (χ4v) is 4.76. The van der Waals surface area contributed by atoms with E-state index in [-0.39, 0.29) is 0 Å². The third-order valence-electron chi connectivity index (χ3n) is 6.62. The molecule has 4 aromatic heterocycles. The van der Waals surface area contributed by atoms with Crippen molar-refractivity contribution in [3.8, 4) is 11.1 Å². The van der Waals surface area contributed by atoms with Crippen molar-refractivity contribution in [1.29, 1.82) is 0 Å². The minimum absolute atomic E-state index is 0.389. The zero-order valence-electron chi connectivity index (χ0n) is 20.8. The van der Waals surface area contributed by atoms with Crippen molar-refractivity contribution in [2.45, 2.75) is 45.6 Å². The van der Waals surface area contributed by atoms with Crippen molar-refractivity contribution in [3.63, 3.8) is 0 Å². The van der Waals surface area contributed by atoms with E-state index in [1.165, 1.54) is 0 Å². The molecule has 0 bridgehead atoms. The average molecular weight is 478 g/mol. The predicted octanol–water partition coefficient (Wildman–Crippen LogP) is 5.98. The van der Waals surface area contributed by atoms with Gasteiger partial charge in [0.25, 0.3) is 0 Å². The summed E-state index contributed by atoms with van der Waals surface area (Å²) in [5.41, 5.74) is 10.7. The Morgan fingerprint density at radius 2 is 2.14 bits per heavy atom. The number of pyridine rings is 1. The molecule has 4 heterocycles. The van der Waals surface area contributed by atoms with Crippen LogP contribution in [0.25, 0.3) is 38.9 Å². The minimum atomic E-state index is 0.389. The van der Waals surface area contributed by atoms with E-state index in [1.807, 2.05) is 49.2 Å². The number of H-pyrrole nitrogens is 1. The van der Waals surface area contributed by atoms with Crippen LogP contribution in [0.2, 0.25) is 0 Å². The number of rotatable bonds is 7. The molecule has 0 saturated heterocycles. The first-order valence-corrected chi connectivity index (χ1v) is 12.5. The topological polar surface area (TPSA) is 83.3 Å². The van der Waals surface area contributed by atoms with E-state index >= 15 is 0 Å². The maximum atomic E-state index is 4.63. The third kappa shape index (κ3) is 4.53. The summed E-state index contributed by atoms with van der Waals surface area (Å²) >= 11 is 0. The summed E-state index contributed by atoms with van der Waals surface area (Å²) in [6.07, 6.45) is 20.3. The lowest BCUT2D eigenvalue weighted by Crippen LogP contribution is -2.26. The molecule has 182 valence electrons. The molecule has 2 N–H and O–H groups in total. The molecule has 0 spiro atoms. The zero-order valence-corrected chi connectivity index (χ0v) is 20.8. The van der Waals surface area contributed by atoms with Crippen LogP contribution in [0.15, 0.2) is 72.6 Å². The molecule has 0 aliphatic heterocycles. The number of nitrogens with one attached hydrogen (secondary N) is 2. The van der Waals surface area contributed by atoms with Gasteiger partial charge >= 0.3 is 0 Å². The lowest BCUT2D eigenvalue weighted by atomic mass is 10.0. The largest absolute Gasteiger partial charge is 0.375 e. The molecule has 1 aliphatic carbocycles. The quantitative estimate of drug-likeness (QED) is 0.195. The Kier molecular flexibility index (Phi) is 6.92. The lowest BCUT2D eigenvalue weighted by Gasteiger charge is -2.18. The standard InChI is InChI=1S/C29H31N7/c1-4-20(16-30-6-3)28-27-23(17-31-29(27)33-19-32-28)21-13-14-36-26(15-21)24(18-34-36)25(5-2)35-22-11-9-7-8-10-12-22/h4,7-8,13-19,22,35H,2,6,9-12H2,1,3H3,(H,31,32,33)/b20-4+,30-16?. The van der Waals surface area contributed by atoms with Crippen molar-refractivity contribution >= 4 is 34.0 Å². The van der Waals surface area contributed by atoms with Crippen LogP contribution in [0.3, 0.4) is 0 Å². The van der Waals surface area contributed by atoms with Crippen molar-refractivity contribution in [2.24, 2.45) is 4.99 Å². The van der Waals surface area contributed by atoms with Crippen LogP contribution in [0.4, 0.5) is 0 Å². The Morgan fingerprint density at radius 3 is 2.89 bits per heavy atom. The summed E-state index contributed by atoms with van der Waals surface area (Å²) in [5, 5.41) is 9.24. The Morgan fingerprint density at radius 1 is 1.31 bits per heavy atom. The van der Waals surface area contributed by atoms with Crippen molar-refractivity contribution in [1.82, 2.24) is 29.9 Å². The summed E-state index contributed by atoms with van der Waals surface area (Å²) in [5.74, 6) is 0. The highest BCUT2D eigenvalue weighted by molar-refractivity contribution is 6.15. The lowest BCUT2D eigenvalue weighted by molar-refractivity contribution is 0.533. The molecule has 0 atom stereocenters. The van der Waals surface area contributed by atoms with Crippen LogP contribution < -0.4 is 5.32 Å². The number of aromatic nitrogens is 5. The van der Waals surface area contributed by atoms with Crippen LogP contribution in [-0.4, -0.2) is 43.4 Å². The van der Waals surface area contributed by atoms with Gasteiger partial charge in [0.1, 0.15) is 12.0 Å². The smallest absolute Gasteiger partial charge is 0.141 e. The summed E-state index contributed by atoms with van der Waals surface area (Å²) in [4.78, 5) is 16.9. The highest BCUT2D eigenvalue weighted by Gasteiger charge is 2.18. The van der Waals surface area contributed by atoms with Gasteiger partial charge in [-0.05, 0) is 57.2 Å². The highest BCUT2D eigenvalue weighted by Crippen LogP contribution is 2.33. The van der Waals surface area contributed by atoms with Gasteiger partial charge in [-0.3, -0.25) is 4.99 Å². The SMILES string of the molecule is C=C=C(NC1CCC=CCC1)c1cnn2ccc(-c3c[nH]c4ncnc(/C(C=NCC)=C/C)c34)cc12. The molecular formula is C29H31N7.